The summed E-state index contributed by atoms with van der Waals surface area (Å²) in [5.74, 6) is -0.484. The smallest absolute Gasteiger partial charge is 0.230 e. The number of hydrogen-bond donors (Lipinski definition) is 3. The highest BCUT2D eigenvalue weighted by Gasteiger charge is 2.19. The van der Waals surface area contributed by atoms with Gasteiger partial charge >= 0.3 is 0 Å². The third kappa shape index (κ3) is 3.62. The van der Waals surface area contributed by atoms with Crippen molar-refractivity contribution in [1.82, 2.24) is 15.5 Å². The van der Waals surface area contributed by atoms with Crippen LogP contribution >= 0.6 is 12.2 Å². The van der Waals surface area contributed by atoms with E-state index in [0.29, 0.717) is 13.0 Å². The van der Waals surface area contributed by atoms with E-state index in [4.69, 9.17) is 18.0 Å². The highest BCUT2D eigenvalue weighted by molar-refractivity contribution is 7.80. The Balaban J connectivity index is 2.46. The normalized spacial score (nSPS) is 12.1. The molecule has 1 aromatic heterocycles. The molecule has 0 bridgehead atoms. The van der Waals surface area contributed by atoms with Gasteiger partial charge in [0.15, 0.2) is 0 Å². The summed E-state index contributed by atoms with van der Waals surface area (Å²) in [4.78, 5) is 12.0. The number of amides is 1. The molecule has 1 atom stereocenters. The number of thiocarbonyl (C=S) groups is 1. The van der Waals surface area contributed by atoms with Gasteiger partial charge in [0, 0.05) is 18.3 Å². The Morgan fingerprint density at radius 2 is 2.50 bits per heavy atom. The Labute approximate surface area is 99.8 Å². The van der Waals surface area contributed by atoms with Gasteiger partial charge in [-0.2, -0.15) is 5.10 Å². The van der Waals surface area contributed by atoms with Crippen molar-refractivity contribution in [1.29, 1.82) is 0 Å². The van der Waals surface area contributed by atoms with Gasteiger partial charge in [0.05, 0.1) is 17.1 Å². The van der Waals surface area contributed by atoms with E-state index in [1.807, 2.05) is 6.92 Å². The predicted molar refractivity (Wildman–Crippen MR) is 65.6 cm³/mol. The molecule has 1 unspecified atom stereocenters. The number of carbonyl (C=O) groups excluding carboxylic acids is 1. The van der Waals surface area contributed by atoms with Gasteiger partial charge in [0.1, 0.15) is 0 Å². The molecule has 16 heavy (non-hydrogen) atoms. The van der Waals surface area contributed by atoms with Crippen molar-refractivity contribution in [2.24, 2.45) is 11.7 Å². The standard InChI is InChI=1S/C10H16N4OS/c1-2-3-8(9(11)16)10(15)12-4-7-5-13-14-6-7/h5-6,8H,2-4H2,1H3,(H2,11,16)(H,12,15)(H,13,14). The first-order chi connectivity index (χ1) is 7.65. The summed E-state index contributed by atoms with van der Waals surface area (Å²) in [5.41, 5.74) is 6.45. The average Bonchev–Trinajstić information content (AvgIpc) is 2.75. The molecule has 0 radical (unpaired) electrons. The van der Waals surface area contributed by atoms with Crippen LogP contribution in [0.25, 0.3) is 0 Å². The lowest BCUT2D eigenvalue weighted by Gasteiger charge is -2.13. The zero-order valence-corrected chi connectivity index (χ0v) is 10.0. The fourth-order valence-electron chi connectivity index (χ4n) is 1.38. The number of rotatable bonds is 6. The molecular weight excluding hydrogens is 224 g/mol. The fraction of sp³-hybridized carbons (Fsp3) is 0.500. The minimum Gasteiger partial charge on any atom is -0.393 e. The number of nitrogens with one attached hydrogen (secondary N) is 2. The van der Waals surface area contributed by atoms with Gasteiger partial charge in [-0.25, -0.2) is 0 Å². The van der Waals surface area contributed by atoms with E-state index in [1.165, 1.54) is 0 Å². The first-order valence-corrected chi connectivity index (χ1v) is 5.60. The van der Waals surface area contributed by atoms with Gasteiger partial charge in [0.2, 0.25) is 5.91 Å². The van der Waals surface area contributed by atoms with Crippen molar-refractivity contribution >= 4 is 23.1 Å². The monoisotopic (exact) mass is 240 g/mol. The topological polar surface area (TPSA) is 83.8 Å². The van der Waals surface area contributed by atoms with Crippen LogP contribution in [0.1, 0.15) is 25.3 Å². The highest BCUT2D eigenvalue weighted by Crippen LogP contribution is 2.07. The summed E-state index contributed by atoms with van der Waals surface area (Å²) in [7, 11) is 0. The van der Waals surface area contributed by atoms with Crippen molar-refractivity contribution in [2.75, 3.05) is 0 Å². The van der Waals surface area contributed by atoms with Crippen molar-refractivity contribution in [3.05, 3.63) is 18.0 Å². The summed E-state index contributed by atoms with van der Waals surface area (Å²) in [6.07, 6.45) is 4.96. The SMILES string of the molecule is CCCC(C(=O)NCc1cn[nH]c1)C(N)=S. The first-order valence-electron chi connectivity index (χ1n) is 5.19. The molecule has 0 aliphatic heterocycles. The minimum absolute atomic E-state index is 0.115. The van der Waals surface area contributed by atoms with Crippen LogP contribution in [0.2, 0.25) is 0 Å². The van der Waals surface area contributed by atoms with Gasteiger partial charge in [0.25, 0.3) is 0 Å². The van der Waals surface area contributed by atoms with E-state index >= 15 is 0 Å². The maximum absolute atomic E-state index is 11.8. The summed E-state index contributed by atoms with van der Waals surface area (Å²) < 4.78 is 0. The fourth-order valence-corrected chi connectivity index (χ4v) is 1.60. The Morgan fingerprint density at radius 1 is 1.75 bits per heavy atom. The van der Waals surface area contributed by atoms with E-state index in [-0.39, 0.29) is 16.8 Å². The Kier molecular flexibility index (Phi) is 4.91. The number of aromatic amines is 1. The van der Waals surface area contributed by atoms with E-state index < -0.39 is 0 Å². The lowest BCUT2D eigenvalue weighted by atomic mass is 10.0. The van der Waals surface area contributed by atoms with E-state index in [0.717, 1.165) is 12.0 Å². The second kappa shape index (κ2) is 6.22. The summed E-state index contributed by atoms with van der Waals surface area (Å²) in [6, 6.07) is 0. The quantitative estimate of drug-likeness (QED) is 0.640. The molecule has 0 aromatic carbocycles. The van der Waals surface area contributed by atoms with Crippen LogP contribution in [0.3, 0.4) is 0 Å². The Bertz CT molecular complexity index is 350. The molecule has 88 valence electrons. The maximum Gasteiger partial charge on any atom is 0.230 e. The molecule has 0 fully saturated rings. The number of H-pyrrole nitrogens is 1. The van der Waals surface area contributed by atoms with Crippen LogP contribution in [-0.4, -0.2) is 21.1 Å². The first kappa shape index (κ1) is 12.6. The van der Waals surface area contributed by atoms with Crippen LogP contribution < -0.4 is 11.1 Å². The molecule has 1 amide bonds. The van der Waals surface area contributed by atoms with Crippen molar-refractivity contribution in [2.45, 2.75) is 26.3 Å². The third-order valence-electron chi connectivity index (χ3n) is 2.26. The van der Waals surface area contributed by atoms with Gasteiger partial charge in [-0.1, -0.05) is 25.6 Å². The zero-order chi connectivity index (χ0) is 12.0. The average molecular weight is 240 g/mol. The van der Waals surface area contributed by atoms with Gasteiger partial charge in [-0.3, -0.25) is 9.89 Å². The number of nitrogens with two attached hydrogens (primary N) is 1. The minimum atomic E-state index is -0.369. The molecule has 0 spiro atoms. The number of hydrogen-bond acceptors (Lipinski definition) is 3. The van der Waals surface area contributed by atoms with Crippen LogP contribution in [0.5, 0.6) is 0 Å². The molecule has 0 aliphatic rings. The molecule has 1 rings (SSSR count). The maximum atomic E-state index is 11.8. The number of nitrogens with zero attached hydrogens (tertiary/aromatic N) is 1. The van der Waals surface area contributed by atoms with Gasteiger partial charge in [-0.05, 0) is 6.42 Å². The number of carbonyl (C=O) groups is 1. The molecule has 0 saturated heterocycles. The van der Waals surface area contributed by atoms with Crippen molar-refractivity contribution in [3.8, 4) is 0 Å². The molecule has 4 N–H and O–H groups in total. The summed E-state index contributed by atoms with van der Waals surface area (Å²) in [6.45, 7) is 2.44. The van der Waals surface area contributed by atoms with Crippen LogP contribution in [-0.2, 0) is 11.3 Å². The number of aromatic nitrogens is 2. The Hall–Kier alpha value is -1.43. The van der Waals surface area contributed by atoms with E-state index in [2.05, 4.69) is 15.5 Å². The van der Waals surface area contributed by atoms with E-state index in [9.17, 15) is 4.79 Å². The molecule has 6 heteroatoms. The molecule has 1 heterocycles. The lowest BCUT2D eigenvalue weighted by Crippen LogP contribution is -2.37. The lowest BCUT2D eigenvalue weighted by molar-refractivity contribution is -0.123. The summed E-state index contributed by atoms with van der Waals surface area (Å²) in [5, 5.41) is 9.25. The Morgan fingerprint density at radius 3 is 3.00 bits per heavy atom. The molecular formula is C10H16N4OS. The highest BCUT2D eigenvalue weighted by atomic mass is 32.1. The van der Waals surface area contributed by atoms with Crippen molar-refractivity contribution < 1.29 is 4.79 Å². The second-order valence-corrected chi connectivity index (χ2v) is 4.04. The van der Waals surface area contributed by atoms with Crippen LogP contribution in [0.4, 0.5) is 0 Å². The van der Waals surface area contributed by atoms with Crippen LogP contribution in [0, 0.1) is 5.92 Å². The van der Waals surface area contributed by atoms with Gasteiger partial charge < -0.3 is 11.1 Å². The zero-order valence-electron chi connectivity index (χ0n) is 9.19. The van der Waals surface area contributed by atoms with Gasteiger partial charge in [-0.15, -0.1) is 0 Å². The molecule has 0 saturated carbocycles. The van der Waals surface area contributed by atoms with Crippen LogP contribution in [0.15, 0.2) is 12.4 Å². The van der Waals surface area contributed by atoms with Crippen molar-refractivity contribution in [3.63, 3.8) is 0 Å². The molecule has 1 aromatic rings. The summed E-state index contributed by atoms with van der Waals surface area (Å²) >= 11 is 4.87. The van der Waals surface area contributed by atoms with E-state index in [1.54, 1.807) is 12.4 Å². The predicted octanol–water partition coefficient (Wildman–Crippen LogP) is 0.728. The third-order valence-corrected chi connectivity index (χ3v) is 2.54. The second-order valence-electron chi connectivity index (χ2n) is 3.57. The molecule has 5 nitrogen and oxygen atoms in total. The molecule has 0 aliphatic carbocycles. The largest absolute Gasteiger partial charge is 0.393 e.